The average Bonchev–Trinajstić information content (AvgIpc) is 2.43. The summed E-state index contributed by atoms with van der Waals surface area (Å²) in [5.41, 5.74) is 2.35. The highest BCUT2D eigenvalue weighted by atomic mass is 28.2. The van der Waals surface area contributed by atoms with Gasteiger partial charge in [0.05, 0.1) is 23.7 Å². The van der Waals surface area contributed by atoms with E-state index < -0.39 is 0 Å². The van der Waals surface area contributed by atoms with Crippen molar-refractivity contribution in [3.05, 3.63) is 29.3 Å². The van der Waals surface area contributed by atoms with E-state index in [1.807, 2.05) is 12.1 Å². The SMILES string of the molecule is COC(=O)CC(CC(=O)OC)[Si]c1cccc(C)c1C. The molecule has 0 aliphatic carbocycles. The predicted octanol–water partition coefficient (Wildman–Crippen LogP) is 1.55. The molecule has 2 radical (unpaired) electrons. The Morgan fingerprint density at radius 1 is 1.10 bits per heavy atom. The lowest BCUT2D eigenvalue weighted by molar-refractivity contribution is -0.142. The summed E-state index contributed by atoms with van der Waals surface area (Å²) in [5, 5.41) is 1.18. The van der Waals surface area contributed by atoms with E-state index in [4.69, 9.17) is 9.47 Å². The molecule has 0 saturated carbocycles. The number of carbonyl (C=O) groups excluding carboxylic acids is 2. The Labute approximate surface area is 122 Å². The van der Waals surface area contributed by atoms with Crippen LogP contribution in [0.2, 0.25) is 5.54 Å². The summed E-state index contributed by atoms with van der Waals surface area (Å²) in [6.07, 6.45) is 0.467. The molecule has 0 aliphatic rings. The normalized spacial score (nSPS) is 10.4. The number of carbonyl (C=O) groups is 2. The van der Waals surface area contributed by atoms with Gasteiger partial charge in [-0.05, 0) is 30.5 Å². The summed E-state index contributed by atoms with van der Waals surface area (Å²) in [4.78, 5) is 22.9. The summed E-state index contributed by atoms with van der Waals surface area (Å²) in [6, 6.07) is 6.10. The summed E-state index contributed by atoms with van der Waals surface area (Å²) in [7, 11) is 3.10. The molecule has 0 saturated heterocycles. The number of benzene rings is 1. The fourth-order valence-electron chi connectivity index (χ4n) is 1.87. The maximum absolute atomic E-state index is 11.5. The van der Waals surface area contributed by atoms with Gasteiger partial charge in [0.1, 0.15) is 0 Å². The minimum atomic E-state index is -0.295. The molecule has 0 heterocycles. The molecule has 1 rings (SSSR count). The molecular formula is C15H20O4Si. The Morgan fingerprint density at radius 2 is 1.65 bits per heavy atom. The Hall–Kier alpha value is -1.62. The molecule has 1 aromatic carbocycles. The molecule has 5 heteroatoms. The first kappa shape index (κ1) is 16.4. The van der Waals surface area contributed by atoms with Crippen LogP contribution >= 0.6 is 0 Å². The maximum Gasteiger partial charge on any atom is 0.305 e. The van der Waals surface area contributed by atoms with Gasteiger partial charge in [-0.1, -0.05) is 23.4 Å². The fourth-order valence-corrected chi connectivity index (χ4v) is 3.45. The molecule has 0 unspecified atom stereocenters. The quantitative estimate of drug-likeness (QED) is 0.589. The molecular weight excluding hydrogens is 272 g/mol. The zero-order valence-electron chi connectivity index (χ0n) is 12.4. The second-order valence-electron chi connectivity index (χ2n) is 4.65. The van der Waals surface area contributed by atoms with E-state index in [1.165, 1.54) is 30.5 Å². The highest BCUT2D eigenvalue weighted by Gasteiger charge is 2.21. The number of rotatable bonds is 6. The van der Waals surface area contributed by atoms with Gasteiger partial charge in [0, 0.05) is 12.8 Å². The standard InChI is InChI=1S/C15H20O4Si/c1-10-6-5-7-13(11(10)2)20-12(8-14(16)18-3)9-15(17)19-4/h5-7,12H,8-9H2,1-4H3. The van der Waals surface area contributed by atoms with Crippen LogP contribution in [0.3, 0.4) is 0 Å². The molecule has 0 fully saturated rings. The highest BCUT2D eigenvalue weighted by Crippen LogP contribution is 2.17. The van der Waals surface area contributed by atoms with E-state index >= 15 is 0 Å². The second-order valence-corrected chi connectivity index (χ2v) is 6.29. The van der Waals surface area contributed by atoms with Crippen LogP contribution in [0, 0.1) is 13.8 Å². The van der Waals surface area contributed by atoms with Crippen LogP contribution in [0.1, 0.15) is 24.0 Å². The largest absolute Gasteiger partial charge is 0.469 e. The molecule has 1 aromatic rings. The van der Waals surface area contributed by atoms with Crippen LogP contribution in [-0.2, 0) is 19.1 Å². The lowest BCUT2D eigenvalue weighted by atomic mass is 10.1. The summed E-state index contributed by atoms with van der Waals surface area (Å²) < 4.78 is 9.40. The van der Waals surface area contributed by atoms with Crippen LogP contribution in [0.4, 0.5) is 0 Å². The number of esters is 2. The lowest BCUT2D eigenvalue weighted by Crippen LogP contribution is -2.26. The molecule has 0 aliphatic heterocycles. The Morgan fingerprint density at radius 3 is 2.15 bits per heavy atom. The van der Waals surface area contributed by atoms with Crippen LogP contribution in [0.15, 0.2) is 18.2 Å². The van der Waals surface area contributed by atoms with Crippen molar-refractivity contribution < 1.29 is 19.1 Å². The zero-order chi connectivity index (χ0) is 15.1. The number of methoxy groups -OCH3 is 2. The Balaban J connectivity index is 2.84. The molecule has 0 N–H and O–H groups in total. The van der Waals surface area contributed by atoms with Crippen LogP contribution in [0.25, 0.3) is 0 Å². The van der Waals surface area contributed by atoms with Gasteiger partial charge in [0.25, 0.3) is 0 Å². The van der Waals surface area contributed by atoms with Gasteiger partial charge in [0.2, 0.25) is 0 Å². The van der Waals surface area contributed by atoms with Crippen molar-refractivity contribution in [1.82, 2.24) is 0 Å². The third-order valence-corrected chi connectivity index (χ3v) is 4.91. The predicted molar refractivity (Wildman–Crippen MR) is 78.3 cm³/mol. The Kier molecular flexibility index (Phi) is 6.44. The second kappa shape index (κ2) is 7.84. The van der Waals surface area contributed by atoms with Gasteiger partial charge in [-0.25, -0.2) is 0 Å². The van der Waals surface area contributed by atoms with Crippen molar-refractivity contribution in [2.24, 2.45) is 0 Å². The first-order valence-corrected chi connectivity index (χ1v) is 7.52. The van der Waals surface area contributed by atoms with E-state index in [0.29, 0.717) is 9.52 Å². The first-order chi connectivity index (χ1) is 9.47. The minimum absolute atomic E-state index is 0.0737. The summed E-state index contributed by atoms with van der Waals surface area (Å²) in [5.74, 6) is -0.589. The molecule has 0 amide bonds. The third kappa shape index (κ3) is 4.81. The van der Waals surface area contributed by atoms with Crippen molar-refractivity contribution in [2.75, 3.05) is 14.2 Å². The monoisotopic (exact) mass is 292 g/mol. The van der Waals surface area contributed by atoms with Crippen LogP contribution in [-0.4, -0.2) is 35.7 Å². The van der Waals surface area contributed by atoms with E-state index in [9.17, 15) is 9.59 Å². The molecule has 0 atom stereocenters. The molecule has 0 spiro atoms. The van der Waals surface area contributed by atoms with E-state index in [-0.39, 0.29) is 30.3 Å². The van der Waals surface area contributed by atoms with Gasteiger partial charge in [-0.3, -0.25) is 9.59 Å². The average molecular weight is 292 g/mol. The van der Waals surface area contributed by atoms with Gasteiger partial charge in [-0.15, -0.1) is 0 Å². The number of hydrogen-bond donors (Lipinski definition) is 0. The van der Waals surface area contributed by atoms with E-state index in [2.05, 4.69) is 19.9 Å². The fraction of sp³-hybridized carbons (Fsp3) is 0.467. The van der Waals surface area contributed by atoms with Crippen LogP contribution in [0.5, 0.6) is 0 Å². The molecule has 108 valence electrons. The Bertz CT molecular complexity index is 467. The lowest BCUT2D eigenvalue weighted by Gasteiger charge is -2.16. The van der Waals surface area contributed by atoms with Gasteiger partial charge < -0.3 is 9.47 Å². The van der Waals surface area contributed by atoms with E-state index in [1.54, 1.807) is 0 Å². The van der Waals surface area contributed by atoms with Gasteiger partial charge >= 0.3 is 11.9 Å². The molecule has 20 heavy (non-hydrogen) atoms. The molecule has 4 nitrogen and oxygen atoms in total. The van der Waals surface area contributed by atoms with Gasteiger partial charge in [-0.2, -0.15) is 0 Å². The van der Waals surface area contributed by atoms with Crippen molar-refractivity contribution in [3.8, 4) is 0 Å². The number of ether oxygens (including phenoxy) is 2. The topological polar surface area (TPSA) is 52.6 Å². The first-order valence-electron chi connectivity index (χ1n) is 6.44. The van der Waals surface area contributed by atoms with Crippen molar-refractivity contribution in [3.63, 3.8) is 0 Å². The molecule has 0 bridgehead atoms. The minimum Gasteiger partial charge on any atom is -0.469 e. The van der Waals surface area contributed by atoms with E-state index in [0.717, 1.165) is 0 Å². The van der Waals surface area contributed by atoms with Crippen molar-refractivity contribution in [1.29, 1.82) is 0 Å². The third-order valence-electron chi connectivity index (χ3n) is 3.25. The zero-order valence-corrected chi connectivity index (χ0v) is 13.4. The van der Waals surface area contributed by atoms with Crippen molar-refractivity contribution >= 4 is 26.6 Å². The summed E-state index contributed by atoms with van der Waals surface area (Å²) in [6.45, 7) is 4.12. The van der Waals surface area contributed by atoms with Crippen LogP contribution < -0.4 is 5.19 Å². The highest BCUT2D eigenvalue weighted by molar-refractivity contribution is 6.56. The van der Waals surface area contributed by atoms with Gasteiger partial charge in [0.15, 0.2) is 0 Å². The number of aryl methyl sites for hydroxylation is 1. The van der Waals surface area contributed by atoms with Crippen molar-refractivity contribution in [2.45, 2.75) is 32.2 Å². The summed E-state index contributed by atoms with van der Waals surface area (Å²) >= 11 is 0. The number of hydrogen-bond acceptors (Lipinski definition) is 4. The maximum atomic E-state index is 11.5. The smallest absolute Gasteiger partial charge is 0.305 e. The molecule has 0 aromatic heterocycles.